The van der Waals surface area contributed by atoms with Crippen molar-refractivity contribution in [1.82, 2.24) is 34.0 Å². The lowest BCUT2D eigenvalue weighted by molar-refractivity contribution is -0.00120. The van der Waals surface area contributed by atoms with Crippen LogP contribution in [0.3, 0.4) is 0 Å². The summed E-state index contributed by atoms with van der Waals surface area (Å²) in [4.78, 5) is 36.0. The van der Waals surface area contributed by atoms with E-state index in [1.54, 1.807) is 11.8 Å². The molecule has 5 heterocycles. The number of aliphatic hydroxyl groups excluding tert-OH is 1. The molecule has 3 aromatic heterocycles. The summed E-state index contributed by atoms with van der Waals surface area (Å²) >= 11 is 0. The van der Waals surface area contributed by atoms with Crippen molar-refractivity contribution >= 4 is 34.1 Å². The number of anilines is 1. The highest BCUT2D eigenvalue weighted by Crippen LogP contribution is 2.31. The van der Waals surface area contributed by atoms with Crippen LogP contribution in [0.5, 0.6) is 0 Å². The van der Waals surface area contributed by atoms with Gasteiger partial charge in [-0.1, -0.05) is 12.1 Å². The van der Waals surface area contributed by atoms with Crippen LogP contribution in [0.4, 0.5) is 10.6 Å². The molecule has 0 radical (unpaired) electrons. The van der Waals surface area contributed by atoms with Crippen LogP contribution in [-0.4, -0.2) is 90.2 Å². The quantitative estimate of drug-likeness (QED) is 0.401. The maximum Gasteiger partial charge on any atom is 0.410 e. The number of carbonyl (C=O) groups excluding carboxylic acids is 1. The molecule has 0 aliphatic carbocycles. The minimum Gasteiger partial charge on any atom is -0.444 e. The maximum atomic E-state index is 12.4. The lowest BCUT2D eigenvalue weighted by atomic mass is 9.96. The van der Waals surface area contributed by atoms with Gasteiger partial charge in [0, 0.05) is 45.6 Å². The Morgan fingerprint density at radius 1 is 1.12 bits per heavy atom. The lowest BCUT2D eigenvalue weighted by Gasteiger charge is -2.39. The molecule has 1 amide bonds. The Morgan fingerprint density at radius 3 is 2.55 bits per heavy atom. The van der Waals surface area contributed by atoms with E-state index in [-0.39, 0.29) is 12.0 Å². The van der Waals surface area contributed by atoms with E-state index in [0.29, 0.717) is 63.2 Å². The third-order valence-corrected chi connectivity index (χ3v) is 7.33. The van der Waals surface area contributed by atoms with Crippen molar-refractivity contribution in [1.29, 1.82) is 0 Å². The van der Waals surface area contributed by atoms with Gasteiger partial charge in [-0.25, -0.2) is 14.8 Å². The summed E-state index contributed by atoms with van der Waals surface area (Å²) in [5, 5.41) is 10.6. The number of amides is 1. The number of hydrogen-bond donors (Lipinski definition) is 1. The number of para-hydroxylation sites is 2. The van der Waals surface area contributed by atoms with Crippen molar-refractivity contribution in [2.24, 2.45) is 13.0 Å². The van der Waals surface area contributed by atoms with E-state index in [4.69, 9.17) is 24.4 Å². The maximum absolute atomic E-state index is 12.4. The van der Waals surface area contributed by atoms with Gasteiger partial charge in [0.1, 0.15) is 23.4 Å². The molecule has 212 valence electrons. The van der Waals surface area contributed by atoms with Gasteiger partial charge in [0.05, 0.1) is 24.2 Å². The van der Waals surface area contributed by atoms with E-state index < -0.39 is 11.7 Å². The summed E-state index contributed by atoms with van der Waals surface area (Å²) in [6.07, 6.45) is -0.385. The van der Waals surface area contributed by atoms with Gasteiger partial charge in [0.2, 0.25) is 5.95 Å². The molecule has 2 aliphatic heterocycles. The first-order valence-corrected chi connectivity index (χ1v) is 13.8. The van der Waals surface area contributed by atoms with Crippen molar-refractivity contribution in [3.8, 4) is 5.95 Å². The number of hydrogen-bond acceptors (Lipinski definition) is 9. The minimum absolute atomic E-state index is 0.277. The number of imidazole rings is 2. The first-order chi connectivity index (χ1) is 19.1. The third-order valence-electron chi connectivity index (χ3n) is 7.33. The molecule has 2 saturated heterocycles. The fourth-order valence-electron chi connectivity index (χ4n) is 5.33. The Hall–Kier alpha value is -3.77. The van der Waals surface area contributed by atoms with E-state index in [0.717, 1.165) is 28.2 Å². The van der Waals surface area contributed by atoms with E-state index >= 15 is 0 Å². The van der Waals surface area contributed by atoms with Crippen LogP contribution in [0.1, 0.15) is 45.4 Å². The summed E-state index contributed by atoms with van der Waals surface area (Å²) in [5.41, 5.74) is 2.51. The monoisotopic (exact) mass is 548 g/mol. The largest absolute Gasteiger partial charge is 0.444 e. The average Bonchev–Trinajstić information content (AvgIpc) is 3.43. The number of fused-ring (bicyclic) bond motifs is 2. The molecule has 2 fully saturated rings. The first kappa shape index (κ1) is 26.5. The highest BCUT2D eigenvalue weighted by Gasteiger charge is 2.35. The number of aryl methyl sites for hydroxylation is 1. The standard InChI is InChI=1S/C28H36N8O4/c1-17(37)23-29-19-8-6-7-9-20(19)36(23)26-31-24-22(25(32-26)34-10-12-39-13-11-34)30-21(33(24)5)14-18-15-35(16-18)27(38)40-28(2,3)4/h6-9,17-18,37H,10-16H2,1-5H3/t17-/m0/s1. The summed E-state index contributed by atoms with van der Waals surface area (Å²) in [6, 6.07) is 7.74. The van der Waals surface area contributed by atoms with Gasteiger partial charge in [-0.05, 0) is 39.8 Å². The van der Waals surface area contributed by atoms with Crippen molar-refractivity contribution in [3.63, 3.8) is 0 Å². The number of carbonyl (C=O) groups is 1. The van der Waals surface area contributed by atoms with E-state index in [9.17, 15) is 9.90 Å². The van der Waals surface area contributed by atoms with Crippen LogP contribution in [0.15, 0.2) is 24.3 Å². The Balaban J connectivity index is 1.38. The highest BCUT2D eigenvalue weighted by molar-refractivity contribution is 5.86. The second-order valence-corrected chi connectivity index (χ2v) is 11.6. The second kappa shape index (κ2) is 10.0. The SMILES string of the molecule is C[C@H](O)c1nc2ccccc2n1-c1nc(N2CCOCC2)c2nc(CC3CN(C(=O)OC(C)(C)C)C3)n(C)c2n1. The second-order valence-electron chi connectivity index (χ2n) is 11.6. The topological polar surface area (TPSA) is 124 Å². The van der Waals surface area contributed by atoms with Crippen molar-refractivity contribution in [2.75, 3.05) is 44.3 Å². The minimum atomic E-state index is -0.813. The fraction of sp³-hybridized carbons (Fsp3) is 0.536. The molecular formula is C28H36N8O4. The number of aromatic nitrogens is 6. The molecule has 0 spiro atoms. The first-order valence-electron chi connectivity index (χ1n) is 13.8. The number of nitrogens with zero attached hydrogens (tertiary/aromatic N) is 8. The van der Waals surface area contributed by atoms with Crippen molar-refractivity contribution in [2.45, 2.75) is 45.8 Å². The fourth-order valence-corrected chi connectivity index (χ4v) is 5.33. The van der Waals surface area contributed by atoms with Crippen LogP contribution in [-0.2, 0) is 22.9 Å². The zero-order valence-electron chi connectivity index (χ0n) is 23.7. The number of ether oxygens (including phenoxy) is 2. The molecule has 0 unspecified atom stereocenters. The summed E-state index contributed by atoms with van der Waals surface area (Å²) in [6.45, 7) is 11.2. The number of rotatable bonds is 5. The van der Waals surface area contributed by atoms with E-state index in [1.165, 1.54) is 0 Å². The summed E-state index contributed by atoms with van der Waals surface area (Å²) < 4.78 is 15.0. The van der Waals surface area contributed by atoms with Gasteiger partial charge in [0.25, 0.3) is 0 Å². The predicted octanol–water partition coefficient (Wildman–Crippen LogP) is 3.00. The van der Waals surface area contributed by atoms with Gasteiger partial charge in [-0.2, -0.15) is 9.97 Å². The van der Waals surface area contributed by atoms with Gasteiger partial charge in [-0.3, -0.25) is 4.57 Å². The smallest absolute Gasteiger partial charge is 0.410 e. The Morgan fingerprint density at radius 2 is 1.85 bits per heavy atom. The summed E-state index contributed by atoms with van der Waals surface area (Å²) in [5.74, 6) is 2.82. The van der Waals surface area contributed by atoms with Crippen LogP contribution < -0.4 is 4.90 Å². The van der Waals surface area contributed by atoms with Crippen LogP contribution in [0.2, 0.25) is 0 Å². The number of morpholine rings is 1. The molecule has 12 nitrogen and oxygen atoms in total. The predicted molar refractivity (Wildman–Crippen MR) is 150 cm³/mol. The zero-order valence-corrected chi connectivity index (χ0v) is 23.7. The van der Waals surface area contributed by atoms with E-state index in [2.05, 4.69) is 9.88 Å². The zero-order chi connectivity index (χ0) is 28.2. The molecule has 1 aromatic carbocycles. The summed E-state index contributed by atoms with van der Waals surface area (Å²) in [7, 11) is 1.97. The number of aliphatic hydroxyl groups is 1. The molecular weight excluding hydrogens is 512 g/mol. The van der Waals surface area contributed by atoms with Crippen LogP contribution >= 0.6 is 0 Å². The van der Waals surface area contributed by atoms with E-state index in [1.807, 2.05) is 61.2 Å². The van der Waals surface area contributed by atoms with Crippen molar-refractivity contribution < 1.29 is 19.4 Å². The molecule has 2 aliphatic rings. The highest BCUT2D eigenvalue weighted by atomic mass is 16.6. The normalized spacial score (nSPS) is 17.4. The molecule has 0 bridgehead atoms. The molecule has 4 aromatic rings. The number of likely N-dealkylation sites (tertiary alicyclic amines) is 1. The lowest BCUT2D eigenvalue weighted by Crippen LogP contribution is -2.52. The van der Waals surface area contributed by atoms with Crippen molar-refractivity contribution in [3.05, 3.63) is 35.9 Å². The van der Waals surface area contributed by atoms with Gasteiger partial charge in [-0.15, -0.1) is 0 Å². The van der Waals surface area contributed by atoms with Crippen LogP contribution in [0, 0.1) is 5.92 Å². The molecule has 1 N–H and O–H groups in total. The Bertz CT molecular complexity index is 1560. The Kier molecular flexibility index (Phi) is 6.62. The number of benzene rings is 1. The van der Waals surface area contributed by atoms with Crippen LogP contribution in [0.25, 0.3) is 28.1 Å². The van der Waals surface area contributed by atoms with Gasteiger partial charge < -0.3 is 28.9 Å². The van der Waals surface area contributed by atoms with Gasteiger partial charge in [0.15, 0.2) is 17.0 Å². The molecule has 40 heavy (non-hydrogen) atoms. The average molecular weight is 549 g/mol. The van der Waals surface area contributed by atoms with Gasteiger partial charge >= 0.3 is 6.09 Å². The molecule has 6 rings (SSSR count). The molecule has 1 atom stereocenters. The third kappa shape index (κ3) is 4.86. The Labute approximate surface area is 232 Å². The molecule has 0 saturated carbocycles. The molecule has 12 heteroatoms.